The highest BCUT2D eigenvalue weighted by molar-refractivity contribution is 5.85. The number of hydrogen-bond donors (Lipinski definition) is 0. The Bertz CT molecular complexity index is 1400. The van der Waals surface area contributed by atoms with Crippen LogP contribution >= 0.6 is 24.8 Å². The first-order chi connectivity index (χ1) is 21.6. The first-order valence-corrected chi connectivity index (χ1v) is 14.8. The Morgan fingerprint density at radius 3 is 2.02 bits per heavy atom. The predicted molar refractivity (Wildman–Crippen MR) is 176 cm³/mol. The fourth-order valence-corrected chi connectivity index (χ4v) is 6.36. The SMILES string of the molecule is COc1nc(OC)c(CN2C[C@@H]3CN(C(=O)N(C)C)CCN3[C@H](C(c3ccccc3)c3ccccc3)C2)c(OCC(F)(F)F)n1.Cl.Cl. The van der Waals surface area contributed by atoms with Gasteiger partial charge in [0.05, 0.1) is 19.8 Å². The van der Waals surface area contributed by atoms with Gasteiger partial charge in [0.15, 0.2) is 6.61 Å². The third-order valence-corrected chi connectivity index (χ3v) is 8.26. The number of hydrogen-bond acceptors (Lipinski definition) is 8. The molecule has 5 rings (SSSR count). The first kappa shape index (κ1) is 37.9. The van der Waals surface area contributed by atoms with Crippen LogP contribution in [0.25, 0.3) is 0 Å². The highest BCUT2D eigenvalue weighted by atomic mass is 35.5. The van der Waals surface area contributed by atoms with Crippen molar-refractivity contribution in [2.75, 3.05) is 67.6 Å². The number of carbonyl (C=O) groups is 1. The van der Waals surface area contributed by atoms with Crippen LogP contribution in [0.3, 0.4) is 0 Å². The van der Waals surface area contributed by atoms with Gasteiger partial charge in [-0.1, -0.05) is 60.7 Å². The third-order valence-electron chi connectivity index (χ3n) is 8.26. The van der Waals surface area contributed by atoms with Crippen molar-refractivity contribution in [1.29, 1.82) is 0 Å². The fraction of sp³-hybridized carbons (Fsp3) is 0.469. The van der Waals surface area contributed by atoms with Crippen molar-refractivity contribution in [2.24, 2.45) is 0 Å². The number of piperazine rings is 2. The number of alkyl halides is 3. The Labute approximate surface area is 285 Å². The van der Waals surface area contributed by atoms with E-state index in [4.69, 9.17) is 14.2 Å². The molecule has 0 unspecified atom stereocenters. The monoisotopic (exact) mass is 700 g/mol. The molecule has 2 aromatic carbocycles. The number of urea groups is 1. The zero-order chi connectivity index (χ0) is 32.1. The number of carbonyl (C=O) groups excluding carboxylic acids is 1. The number of amides is 2. The van der Waals surface area contributed by atoms with Gasteiger partial charge in [0.1, 0.15) is 0 Å². The van der Waals surface area contributed by atoms with Crippen LogP contribution in [0.5, 0.6) is 17.8 Å². The van der Waals surface area contributed by atoms with Crippen molar-refractivity contribution < 1.29 is 32.2 Å². The Hall–Kier alpha value is -3.52. The van der Waals surface area contributed by atoms with E-state index < -0.39 is 12.8 Å². The maximum Gasteiger partial charge on any atom is 0.422 e. The lowest BCUT2D eigenvalue weighted by molar-refractivity contribution is -0.154. The molecule has 258 valence electrons. The molecular weight excluding hydrogens is 660 g/mol. The van der Waals surface area contributed by atoms with Crippen LogP contribution in [0.4, 0.5) is 18.0 Å². The molecule has 0 spiro atoms. The highest BCUT2D eigenvalue weighted by Gasteiger charge is 2.43. The number of rotatable bonds is 9. The van der Waals surface area contributed by atoms with E-state index >= 15 is 0 Å². The van der Waals surface area contributed by atoms with Gasteiger partial charge in [-0.3, -0.25) is 9.80 Å². The number of ether oxygens (including phenoxy) is 3. The van der Waals surface area contributed by atoms with Crippen LogP contribution in [0.1, 0.15) is 22.6 Å². The van der Waals surface area contributed by atoms with E-state index in [2.05, 4.69) is 44.0 Å². The molecule has 3 aromatic rings. The number of benzene rings is 2. The van der Waals surface area contributed by atoms with Crippen LogP contribution in [-0.2, 0) is 6.54 Å². The van der Waals surface area contributed by atoms with E-state index in [1.165, 1.54) is 14.2 Å². The van der Waals surface area contributed by atoms with Crippen molar-refractivity contribution in [3.63, 3.8) is 0 Å². The summed E-state index contributed by atoms with van der Waals surface area (Å²) in [6, 6.07) is 20.3. The summed E-state index contributed by atoms with van der Waals surface area (Å²) >= 11 is 0. The van der Waals surface area contributed by atoms with Gasteiger partial charge in [0, 0.05) is 71.4 Å². The molecule has 2 saturated heterocycles. The molecule has 0 N–H and O–H groups in total. The number of methoxy groups -OCH3 is 2. The molecular formula is C32H41Cl2F3N6O4. The number of nitrogens with zero attached hydrogens (tertiary/aromatic N) is 6. The van der Waals surface area contributed by atoms with Crippen molar-refractivity contribution >= 4 is 30.8 Å². The maximum absolute atomic E-state index is 13.2. The molecule has 0 saturated carbocycles. The van der Waals surface area contributed by atoms with E-state index in [1.54, 1.807) is 19.0 Å². The van der Waals surface area contributed by atoms with E-state index in [0.29, 0.717) is 38.3 Å². The molecule has 47 heavy (non-hydrogen) atoms. The molecule has 15 heteroatoms. The molecule has 2 aliphatic rings. The van der Waals surface area contributed by atoms with Gasteiger partial charge in [-0.05, 0) is 11.1 Å². The largest absolute Gasteiger partial charge is 0.481 e. The van der Waals surface area contributed by atoms with Gasteiger partial charge < -0.3 is 24.0 Å². The molecule has 0 aliphatic carbocycles. The number of halogens is 5. The quantitative estimate of drug-likeness (QED) is 0.310. The molecule has 2 fully saturated rings. The Morgan fingerprint density at radius 2 is 1.49 bits per heavy atom. The van der Waals surface area contributed by atoms with Gasteiger partial charge in [-0.25, -0.2) is 4.79 Å². The second kappa shape index (κ2) is 16.5. The number of aromatic nitrogens is 2. The Balaban J connectivity index is 0.00000300. The second-order valence-corrected chi connectivity index (χ2v) is 11.5. The van der Waals surface area contributed by atoms with Crippen molar-refractivity contribution in [2.45, 2.75) is 30.7 Å². The van der Waals surface area contributed by atoms with Crippen molar-refractivity contribution in [1.82, 2.24) is 29.6 Å². The van der Waals surface area contributed by atoms with Crippen LogP contribution in [0.2, 0.25) is 0 Å². The average Bonchev–Trinajstić information content (AvgIpc) is 3.04. The van der Waals surface area contributed by atoms with Crippen LogP contribution in [0, 0.1) is 0 Å². The van der Waals surface area contributed by atoms with Crippen LogP contribution in [-0.4, -0.2) is 122 Å². The molecule has 2 atom stereocenters. The molecule has 0 bridgehead atoms. The third kappa shape index (κ3) is 9.10. The Morgan fingerprint density at radius 1 is 0.894 bits per heavy atom. The predicted octanol–water partition coefficient (Wildman–Crippen LogP) is 4.96. The van der Waals surface area contributed by atoms with Gasteiger partial charge >= 0.3 is 18.2 Å². The smallest absolute Gasteiger partial charge is 0.422 e. The lowest BCUT2D eigenvalue weighted by atomic mass is 9.81. The minimum atomic E-state index is -4.57. The van der Waals surface area contributed by atoms with E-state index in [0.717, 1.165) is 11.1 Å². The lowest BCUT2D eigenvalue weighted by Crippen LogP contribution is -2.67. The summed E-state index contributed by atoms with van der Waals surface area (Å²) in [4.78, 5) is 29.5. The summed E-state index contributed by atoms with van der Waals surface area (Å²) < 4.78 is 55.5. The summed E-state index contributed by atoms with van der Waals surface area (Å²) in [6.45, 7) is 1.57. The highest BCUT2D eigenvalue weighted by Crippen LogP contribution is 2.38. The van der Waals surface area contributed by atoms with Crippen molar-refractivity contribution in [3.8, 4) is 17.8 Å². The van der Waals surface area contributed by atoms with E-state index in [9.17, 15) is 18.0 Å². The van der Waals surface area contributed by atoms with Crippen LogP contribution < -0.4 is 14.2 Å². The van der Waals surface area contributed by atoms with Gasteiger partial charge in [-0.15, -0.1) is 24.8 Å². The van der Waals surface area contributed by atoms with Crippen molar-refractivity contribution in [3.05, 3.63) is 77.4 Å². The summed E-state index contributed by atoms with van der Waals surface area (Å²) in [6.07, 6.45) is -4.57. The number of fused-ring (bicyclic) bond motifs is 1. The zero-order valence-corrected chi connectivity index (χ0v) is 28.4. The lowest BCUT2D eigenvalue weighted by Gasteiger charge is -2.53. The molecule has 0 radical (unpaired) electrons. The summed E-state index contributed by atoms with van der Waals surface area (Å²) in [5, 5.41) is 0. The van der Waals surface area contributed by atoms with Gasteiger partial charge in [0.2, 0.25) is 11.8 Å². The fourth-order valence-electron chi connectivity index (χ4n) is 6.36. The van der Waals surface area contributed by atoms with Gasteiger partial charge in [-0.2, -0.15) is 23.1 Å². The summed E-state index contributed by atoms with van der Waals surface area (Å²) in [5.41, 5.74) is 2.60. The average molecular weight is 702 g/mol. The zero-order valence-electron chi connectivity index (χ0n) is 26.7. The second-order valence-electron chi connectivity index (χ2n) is 11.5. The molecule has 2 amide bonds. The molecule has 10 nitrogen and oxygen atoms in total. The molecule has 2 aliphatic heterocycles. The standard InChI is InChI=1S/C32H39F3N6O4.2ClH/c1-38(2)31(42)40-15-16-41-24(18-40)17-39(19-25-28(43-3)36-30(44-4)37-29(25)45-21-32(33,34)35)20-26(41)27(22-11-7-5-8-12-22)23-13-9-6-10-14-23;;/h5-14,24,26-27H,15-21H2,1-4H3;2*1H/t24-,26+;;/m1../s1. The van der Waals surface area contributed by atoms with Crippen LogP contribution in [0.15, 0.2) is 60.7 Å². The summed E-state index contributed by atoms with van der Waals surface area (Å²) in [7, 11) is 6.20. The maximum atomic E-state index is 13.2. The topological polar surface area (TPSA) is 83.5 Å². The summed E-state index contributed by atoms with van der Waals surface area (Å²) in [5.74, 6) is -0.178. The molecule has 1 aromatic heterocycles. The Kier molecular flexibility index (Phi) is 13.3. The van der Waals surface area contributed by atoms with Gasteiger partial charge in [0.25, 0.3) is 0 Å². The minimum absolute atomic E-state index is 0. The molecule has 3 heterocycles. The first-order valence-electron chi connectivity index (χ1n) is 14.8. The normalized spacial score (nSPS) is 18.4. The minimum Gasteiger partial charge on any atom is -0.481 e. The van der Waals surface area contributed by atoms with E-state index in [-0.39, 0.29) is 73.2 Å². The van der Waals surface area contributed by atoms with E-state index in [1.807, 2.05) is 41.3 Å².